The van der Waals surface area contributed by atoms with Crippen LogP contribution in [-0.2, 0) is 0 Å². The number of nitrogens with one attached hydrogen (secondary N) is 2. The Balaban J connectivity index is 1.71. The van der Waals surface area contributed by atoms with Crippen LogP contribution >= 0.6 is 0 Å². The number of hydrogen-bond acceptors (Lipinski definition) is 4. The molecule has 0 saturated carbocycles. The van der Waals surface area contributed by atoms with Crippen LogP contribution in [0.3, 0.4) is 0 Å². The van der Waals surface area contributed by atoms with E-state index in [9.17, 15) is 5.11 Å². The van der Waals surface area contributed by atoms with Crippen LogP contribution in [0.2, 0.25) is 0 Å². The Bertz CT molecular complexity index is 993. The maximum atomic E-state index is 10.1. The first kappa shape index (κ1) is 13.4. The molecule has 114 valence electrons. The number of benzene rings is 1. The number of fused-ring (bicyclic) bond motifs is 1. The molecule has 0 aliphatic rings. The van der Waals surface area contributed by atoms with Gasteiger partial charge < -0.3 is 14.5 Å². The van der Waals surface area contributed by atoms with E-state index in [4.69, 9.17) is 4.42 Å². The fraction of sp³-hybridized carbons (Fsp3) is 0.0588. The lowest BCUT2D eigenvalue weighted by atomic mass is 10.1. The minimum Gasteiger partial charge on any atom is -0.494 e. The van der Waals surface area contributed by atoms with Crippen molar-refractivity contribution in [1.29, 1.82) is 0 Å². The standard InChI is InChI=1S/C17H14N4O2/c1-10-4-2-5-12-16(10)11(17(22)19-12)9-18-15-8-13(20-21-15)14-6-3-7-23-14/h2-9,19,22H,1H3,(H,20,21). The van der Waals surface area contributed by atoms with Crippen molar-refractivity contribution in [2.45, 2.75) is 6.92 Å². The van der Waals surface area contributed by atoms with Gasteiger partial charge in [-0.15, -0.1) is 0 Å². The molecule has 6 nitrogen and oxygen atoms in total. The van der Waals surface area contributed by atoms with Gasteiger partial charge in [-0.3, -0.25) is 5.10 Å². The van der Waals surface area contributed by atoms with Crippen LogP contribution in [0.5, 0.6) is 5.88 Å². The molecule has 0 atom stereocenters. The Hall–Kier alpha value is -3.28. The van der Waals surface area contributed by atoms with Crippen molar-refractivity contribution >= 4 is 22.9 Å². The van der Waals surface area contributed by atoms with Gasteiger partial charge >= 0.3 is 0 Å². The van der Waals surface area contributed by atoms with Crippen LogP contribution in [0.15, 0.2) is 52.1 Å². The van der Waals surface area contributed by atoms with Crippen molar-refractivity contribution in [3.63, 3.8) is 0 Å². The lowest BCUT2D eigenvalue weighted by Gasteiger charge is -1.96. The molecule has 3 aromatic heterocycles. The van der Waals surface area contributed by atoms with Gasteiger partial charge in [-0.25, -0.2) is 4.99 Å². The molecule has 4 rings (SSSR count). The maximum Gasteiger partial charge on any atom is 0.198 e. The lowest BCUT2D eigenvalue weighted by molar-refractivity contribution is 0.457. The summed E-state index contributed by atoms with van der Waals surface area (Å²) in [6, 6.07) is 11.3. The summed E-state index contributed by atoms with van der Waals surface area (Å²) in [6.45, 7) is 2.00. The summed E-state index contributed by atoms with van der Waals surface area (Å²) in [4.78, 5) is 7.30. The summed E-state index contributed by atoms with van der Waals surface area (Å²) in [6.07, 6.45) is 3.22. The third-order valence-electron chi connectivity index (χ3n) is 3.73. The summed E-state index contributed by atoms with van der Waals surface area (Å²) in [5.41, 5.74) is 3.35. The number of aromatic amines is 2. The number of nitrogens with zero attached hydrogens (tertiary/aromatic N) is 2. The highest BCUT2D eigenvalue weighted by Gasteiger charge is 2.11. The average molecular weight is 306 g/mol. The van der Waals surface area contributed by atoms with Crippen molar-refractivity contribution in [2.75, 3.05) is 0 Å². The summed E-state index contributed by atoms with van der Waals surface area (Å²) >= 11 is 0. The first-order chi connectivity index (χ1) is 11.2. The van der Waals surface area contributed by atoms with Crippen LogP contribution in [-0.4, -0.2) is 26.5 Å². The van der Waals surface area contributed by atoms with E-state index in [1.54, 1.807) is 18.5 Å². The van der Waals surface area contributed by atoms with E-state index in [2.05, 4.69) is 20.2 Å². The third kappa shape index (κ3) is 2.30. The molecule has 0 bridgehead atoms. The molecule has 0 aliphatic carbocycles. The highest BCUT2D eigenvalue weighted by molar-refractivity contribution is 6.04. The molecular formula is C17H14N4O2. The molecule has 0 radical (unpaired) electrons. The molecule has 0 fully saturated rings. The molecule has 3 heterocycles. The monoisotopic (exact) mass is 306 g/mol. The van der Waals surface area contributed by atoms with E-state index in [1.165, 1.54) is 0 Å². The normalized spacial score (nSPS) is 11.7. The van der Waals surface area contributed by atoms with E-state index in [0.717, 1.165) is 22.2 Å². The van der Waals surface area contributed by atoms with Crippen LogP contribution < -0.4 is 0 Å². The second-order valence-electron chi connectivity index (χ2n) is 5.26. The van der Waals surface area contributed by atoms with Crippen LogP contribution in [0.25, 0.3) is 22.4 Å². The lowest BCUT2D eigenvalue weighted by Crippen LogP contribution is -1.82. The Morgan fingerprint density at radius 2 is 2.17 bits per heavy atom. The van der Waals surface area contributed by atoms with Gasteiger partial charge in [-0.1, -0.05) is 12.1 Å². The third-order valence-corrected chi connectivity index (χ3v) is 3.73. The molecule has 0 amide bonds. The molecule has 0 spiro atoms. The summed E-state index contributed by atoms with van der Waals surface area (Å²) in [7, 11) is 0. The van der Waals surface area contributed by atoms with Crippen molar-refractivity contribution in [2.24, 2.45) is 4.99 Å². The van der Waals surface area contributed by atoms with Gasteiger partial charge in [0.1, 0.15) is 5.69 Å². The number of aromatic nitrogens is 3. The van der Waals surface area contributed by atoms with E-state index < -0.39 is 0 Å². The fourth-order valence-corrected chi connectivity index (χ4v) is 2.63. The Labute approximate surface area is 131 Å². The zero-order chi connectivity index (χ0) is 15.8. The number of rotatable bonds is 3. The van der Waals surface area contributed by atoms with E-state index in [-0.39, 0.29) is 5.88 Å². The predicted octanol–water partition coefficient (Wildman–Crippen LogP) is 3.92. The molecule has 6 heteroatoms. The SMILES string of the molecule is Cc1cccc2[nH]c(O)c(C=Nc3cc(-c4ccco4)[nH]n3)c12. The van der Waals surface area contributed by atoms with Crippen molar-refractivity contribution in [1.82, 2.24) is 15.2 Å². The van der Waals surface area contributed by atoms with Crippen molar-refractivity contribution < 1.29 is 9.52 Å². The highest BCUT2D eigenvalue weighted by Crippen LogP contribution is 2.29. The van der Waals surface area contributed by atoms with Gasteiger partial charge in [0.05, 0.1) is 11.8 Å². The average Bonchev–Trinajstić information content (AvgIpc) is 3.25. The highest BCUT2D eigenvalue weighted by atomic mass is 16.3. The number of aromatic hydroxyl groups is 1. The van der Waals surface area contributed by atoms with Gasteiger partial charge in [0, 0.05) is 23.2 Å². The zero-order valence-corrected chi connectivity index (χ0v) is 12.4. The van der Waals surface area contributed by atoms with Gasteiger partial charge in [0.25, 0.3) is 0 Å². The molecular weight excluding hydrogens is 292 g/mol. The molecule has 4 aromatic rings. The summed E-state index contributed by atoms with van der Waals surface area (Å²) in [5.74, 6) is 1.31. The van der Waals surface area contributed by atoms with Gasteiger partial charge in [0.2, 0.25) is 0 Å². The van der Waals surface area contributed by atoms with Gasteiger partial charge in [-0.2, -0.15) is 5.10 Å². The molecule has 0 unspecified atom stereocenters. The molecule has 23 heavy (non-hydrogen) atoms. The van der Waals surface area contributed by atoms with Crippen molar-refractivity contribution in [3.8, 4) is 17.3 Å². The van der Waals surface area contributed by atoms with Crippen LogP contribution in [0, 0.1) is 6.92 Å². The quantitative estimate of drug-likeness (QED) is 0.501. The molecule has 3 N–H and O–H groups in total. The fourth-order valence-electron chi connectivity index (χ4n) is 2.63. The topological polar surface area (TPSA) is 90.2 Å². The van der Waals surface area contributed by atoms with E-state index >= 15 is 0 Å². The van der Waals surface area contributed by atoms with Crippen molar-refractivity contribution in [3.05, 3.63) is 53.8 Å². The minimum atomic E-state index is 0.0971. The Morgan fingerprint density at radius 3 is 3.00 bits per heavy atom. The first-order valence-electron chi connectivity index (χ1n) is 7.16. The second-order valence-corrected chi connectivity index (χ2v) is 5.26. The predicted molar refractivity (Wildman–Crippen MR) is 88.2 cm³/mol. The smallest absolute Gasteiger partial charge is 0.198 e. The molecule has 1 aromatic carbocycles. The summed E-state index contributed by atoms with van der Waals surface area (Å²) < 4.78 is 5.31. The van der Waals surface area contributed by atoms with E-state index in [1.807, 2.05) is 37.3 Å². The van der Waals surface area contributed by atoms with E-state index in [0.29, 0.717) is 17.1 Å². The Morgan fingerprint density at radius 1 is 1.26 bits per heavy atom. The number of furan rings is 1. The molecule has 0 aliphatic heterocycles. The zero-order valence-electron chi connectivity index (χ0n) is 12.4. The molecule has 0 saturated heterocycles. The summed E-state index contributed by atoms with van der Waals surface area (Å²) in [5, 5.41) is 18.1. The largest absolute Gasteiger partial charge is 0.494 e. The van der Waals surface area contributed by atoms with Gasteiger partial charge in [-0.05, 0) is 30.7 Å². The van der Waals surface area contributed by atoms with Crippen LogP contribution in [0.1, 0.15) is 11.1 Å². The van der Waals surface area contributed by atoms with Crippen LogP contribution in [0.4, 0.5) is 5.82 Å². The minimum absolute atomic E-state index is 0.0971. The van der Waals surface area contributed by atoms with Gasteiger partial charge in [0.15, 0.2) is 17.5 Å². The second kappa shape index (κ2) is 5.17. The first-order valence-corrected chi connectivity index (χ1v) is 7.16. The maximum absolute atomic E-state index is 10.1. The Kier molecular flexibility index (Phi) is 3.01. The number of aryl methyl sites for hydroxylation is 1. The number of H-pyrrole nitrogens is 2. The number of aliphatic imine (C=N–C) groups is 1. The number of hydrogen-bond donors (Lipinski definition) is 3.